The lowest BCUT2D eigenvalue weighted by Gasteiger charge is -2.48. The molecule has 0 amide bonds. The number of piperidine rings is 2. The molecular weight excluding hydrogens is 370 g/mol. The predicted molar refractivity (Wildman–Crippen MR) is 116 cm³/mol. The van der Waals surface area contributed by atoms with Crippen molar-refractivity contribution in [2.75, 3.05) is 11.9 Å². The third-order valence-corrected chi connectivity index (χ3v) is 6.03. The normalized spacial score (nSPS) is 24.5. The number of para-hydroxylation sites is 2. The van der Waals surface area contributed by atoms with E-state index in [2.05, 4.69) is 21.6 Å². The Morgan fingerprint density at radius 2 is 1.96 bits per heavy atom. The molecule has 0 radical (unpaired) electrons. The number of benzene rings is 1. The Bertz CT molecular complexity index is 766. The van der Waals surface area contributed by atoms with Crippen molar-refractivity contribution < 1.29 is 9.15 Å². The number of hydrogen-bond acceptors (Lipinski definition) is 4. The van der Waals surface area contributed by atoms with Gasteiger partial charge in [0.2, 0.25) is 0 Å². The van der Waals surface area contributed by atoms with Gasteiger partial charge in [-0.25, -0.2) is 0 Å². The second kappa shape index (κ2) is 8.97. The average molecular weight is 400 g/mol. The van der Waals surface area contributed by atoms with E-state index in [4.69, 9.17) is 21.4 Å². The fourth-order valence-corrected chi connectivity index (χ4v) is 4.91. The Labute approximate surface area is 172 Å². The molecule has 2 atom stereocenters. The maximum absolute atomic E-state index is 5.69. The number of anilines is 1. The van der Waals surface area contributed by atoms with Crippen molar-refractivity contribution in [1.82, 2.24) is 10.2 Å². The maximum Gasteiger partial charge on any atom is 0.171 e. The van der Waals surface area contributed by atoms with Crippen LogP contribution < -0.4 is 15.4 Å². The van der Waals surface area contributed by atoms with Gasteiger partial charge < -0.3 is 19.8 Å². The van der Waals surface area contributed by atoms with Crippen LogP contribution in [0.5, 0.6) is 5.75 Å². The first-order valence-electron chi connectivity index (χ1n) is 10.3. The van der Waals surface area contributed by atoms with Gasteiger partial charge in [0, 0.05) is 18.1 Å². The molecule has 2 saturated heterocycles. The first-order valence-corrected chi connectivity index (χ1v) is 10.7. The first-order chi connectivity index (χ1) is 13.7. The van der Waals surface area contributed by atoms with Gasteiger partial charge in [-0.3, -0.25) is 4.90 Å². The van der Waals surface area contributed by atoms with E-state index >= 15 is 0 Å². The molecular formula is C22H29N3O2S. The largest absolute Gasteiger partial charge is 0.492 e. The van der Waals surface area contributed by atoms with Gasteiger partial charge in [0.15, 0.2) is 5.11 Å². The quantitative estimate of drug-likeness (QED) is 0.695. The molecule has 150 valence electrons. The molecule has 3 heterocycles. The monoisotopic (exact) mass is 399 g/mol. The lowest BCUT2D eigenvalue weighted by molar-refractivity contribution is 0.0161. The van der Waals surface area contributed by atoms with E-state index in [9.17, 15) is 0 Å². The van der Waals surface area contributed by atoms with Crippen molar-refractivity contribution in [3.05, 3.63) is 48.4 Å². The number of rotatable bonds is 6. The third kappa shape index (κ3) is 4.50. The predicted octanol–water partition coefficient (Wildman–Crippen LogP) is 4.55. The van der Waals surface area contributed by atoms with Gasteiger partial charge in [0.1, 0.15) is 11.5 Å². The molecule has 2 fully saturated rings. The summed E-state index contributed by atoms with van der Waals surface area (Å²) in [4.78, 5) is 2.64. The van der Waals surface area contributed by atoms with E-state index < -0.39 is 0 Å². The summed E-state index contributed by atoms with van der Waals surface area (Å²) in [5.74, 6) is 1.90. The summed E-state index contributed by atoms with van der Waals surface area (Å²) in [6, 6.07) is 13.6. The fourth-order valence-electron chi connectivity index (χ4n) is 4.63. The highest BCUT2D eigenvalue weighted by Gasteiger charge is 2.38. The molecule has 0 saturated carbocycles. The molecule has 0 aliphatic carbocycles. The van der Waals surface area contributed by atoms with Crippen LogP contribution in [0.3, 0.4) is 0 Å². The van der Waals surface area contributed by atoms with Crippen molar-refractivity contribution in [3.63, 3.8) is 0 Å². The SMILES string of the molecule is CCOc1ccccc1NC(=S)NC1CC2CCCC(C1)N2Cc1ccco1. The minimum atomic E-state index is 0.405. The molecule has 1 aromatic carbocycles. The van der Waals surface area contributed by atoms with Crippen LogP contribution in [0.4, 0.5) is 5.69 Å². The van der Waals surface area contributed by atoms with Crippen LogP contribution in [0.25, 0.3) is 0 Å². The number of hydrogen-bond donors (Lipinski definition) is 2. The van der Waals surface area contributed by atoms with Crippen LogP contribution in [0.15, 0.2) is 47.1 Å². The molecule has 2 N–H and O–H groups in total. The van der Waals surface area contributed by atoms with Crippen LogP contribution in [0.2, 0.25) is 0 Å². The zero-order chi connectivity index (χ0) is 19.3. The minimum Gasteiger partial charge on any atom is -0.492 e. The first kappa shape index (κ1) is 19.3. The van der Waals surface area contributed by atoms with Gasteiger partial charge >= 0.3 is 0 Å². The van der Waals surface area contributed by atoms with Crippen LogP contribution in [-0.4, -0.2) is 34.7 Å². The van der Waals surface area contributed by atoms with Crippen molar-refractivity contribution >= 4 is 23.0 Å². The van der Waals surface area contributed by atoms with E-state index in [1.54, 1.807) is 6.26 Å². The third-order valence-electron chi connectivity index (χ3n) is 5.81. The molecule has 1 aromatic heterocycles. The minimum absolute atomic E-state index is 0.405. The van der Waals surface area contributed by atoms with Gasteiger partial charge in [-0.1, -0.05) is 18.6 Å². The van der Waals surface area contributed by atoms with Crippen LogP contribution in [0, 0.1) is 0 Å². The number of furan rings is 1. The van der Waals surface area contributed by atoms with Crippen molar-refractivity contribution in [3.8, 4) is 5.75 Å². The summed E-state index contributed by atoms with van der Waals surface area (Å²) in [6.07, 6.45) is 7.83. The van der Waals surface area contributed by atoms with Gasteiger partial charge in [0.25, 0.3) is 0 Å². The molecule has 4 rings (SSSR count). The maximum atomic E-state index is 5.69. The summed E-state index contributed by atoms with van der Waals surface area (Å²) < 4.78 is 11.3. The highest BCUT2D eigenvalue weighted by Crippen LogP contribution is 2.35. The smallest absolute Gasteiger partial charge is 0.171 e. The van der Waals surface area contributed by atoms with Gasteiger partial charge in [-0.15, -0.1) is 0 Å². The zero-order valence-corrected chi connectivity index (χ0v) is 17.2. The summed E-state index contributed by atoms with van der Waals surface area (Å²) in [6.45, 7) is 3.54. The highest BCUT2D eigenvalue weighted by molar-refractivity contribution is 7.80. The second-order valence-electron chi connectivity index (χ2n) is 7.69. The number of nitrogens with zero attached hydrogens (tertiary/aromatic N) is 1. The molecule has 2 unspecified atom stereocenters. The Hall–Kier alpha value is -2.05. The van der Waals surface area contributed by atoms with Gasteiger partial charge in [-0.2, -0.15) is 0 Å². The number of ether oxygens (including phenoxy) is 1. The molecule has 2 aliphatic rings. The number of thiocarbonyl (C=S) groups is 1. The van der Waals surface area contributed by atoms with E-state index in [-0.39, 0.29) is 0 Å². The van der Waals surface area contributed by atoms with Gasteiger partial charge in [0.05, 0.1) is 25.1 Å². The molecule has 5 nitrogen and oxygen atoms in total. The van der Waals surface area contributed by atoms with E-state index in [1.165, 1.54) is 19.3 Å². The lowest BCUT2D eigenvalue weighted by Crippen LogP contribution is -2.56. The van der Waals surface area contributed by atoms with E-state index in [0.717, 1.165) is 36.6 Å². The Morgan fingerprint density at radius 1 is 1.18 bits per heavy atom. The standard InChI is InChI=1S/C22H29N3O2S/c1-2-26-21-11-4-3-10-20(21)24-22(28)23-16-13-17-7-5-8-18(14-16)25(17)15-19-9-6-12-27-19/h3-4,6,9-12,16-18H,2,5,7-8,13-15H2,1H3,(H2,23,24,28). The second-order valence-corrected chi connectivity index (χ2v) is 8.09. The molecule has 2 bridgehead atoms. The lowest BCUT2D eigenvalue weighted by atomic mass is 9.81. The molecule has 0 spiro atoms. The summed E-state index contributed by atoms with van der Waals surface area (Å²) >= 11 is 5.61. The van der Waals surface area contributed by atoms with Crippen LogP contribution in [0.1, 0.15) is 44.8 Å². The summed E-state index contributed by atoms with van der Waals surface area (Å²) in [5.41, 5.74) is 0.914. The Morgan fingerprint density at radius 3 is 2.68 bits per heavy atom. The Kier molecular flexibility index (Phi) is 6.17. The molecule has 2 aliphatic heterocycles. The summed E-state index contributed by atoms with van der Waals surface area (Å²) in [7, 11) is 0. The average Bonchev–Trinajstić information content (AvgIpc) is 3.17. The molecule has 6 heteroatoms. The Balaban J connectivity index is 1.35. The topological polar surface area (TPSA) is 49.7 Å². The molecule has 2 aromatic rings. The van der Waals surface area contributed by atoms with Crippen molar-refractivity contribution in [2.45, 2.75) is 63.7 Å². The summed E-state index contributed by atoms with van der Waals surface area (Å²) in [5, 5.41) is 7.56. The molecule has 28 heavy (non-hydrogen) atoms. The number of nitrogens with one attached hydrogen (secondary N) is 2. The van der Waals surface area contributed by atoms with E-state index in [1.807, 2.05) is 37.3 Å². The van der Waals surface area contributed by atoms with Gasteiger partial charge in [-0.05, 0) is 69.1 Å². The fraction of sp³-hybridized carbons (Fsp3) is 0.500. The van der Waals surface area contributed by atoms with E-state index in [0.29, 0.717) is 29.8 Å². The number of fused-ring (bicyclic) bond motifs is 2. The van der Waals surface area contributed by atoms with Crippen molar-refractivity contribution in [1.29, 1.82) is 0 Å². The van der Waals surface area contributed by atoms with Crippen molar-refractivity contribution in [2.24, 2.45) is 0 Å². The van der Waals surface area contributed by atoms with Crippen LogP contribution in [-0.2, 0) is 6.54 Å². The van der Waals surface area contributed by atoms with Crippen LogP contribution >= 0.6 is 12.2 Å². The zero-order valence-electron chi connectivity index (χ0n) is 16.4. The highest BCUT2D eigenvalue weighted by atomic mass is 32.1.